The molecule has 1 aliphatic heterocycles. The first-order valence-corrected chi connectivity index (χ1v) is 9.66. The van der Waals surface area contributed by atoms with Crippen LogP contribution < -0.4 is 4.74 Å². The standard InChI is InChI=1S/C17H12Br2Cl2O3/c18-10-17(13-6-5-11(20)7-15(13)21)23-9-12(24-17)8-22-16-4-2-1-3-14(16)19/h1-7,9H,8,10H2. The quantitative estimate of drug-likeness (QED) is 0.458. The molecule has 3 rings (SSSR count). The summed E-state index contributed by atoms with van der Waals surface area (Å²) >= 11 is 19.1. The monoisotopic (exact) mass is 492 g/mol. The van der Waals surface area contributed by atoms with Gasteiger partial charge in [-0.25, -0.2) is 0 Å². The molecule has 126 valence electrons. The molecule has 0 saturated carbocycles. The number of rotatable bonds is 5. The van der Waals surface area contributed by atoms with E-state index in [1.807, 2.05) is 24.3 Å². The van der Waals surface area contributed by atoms with Crippen LogP contribution in [0.2, 0.25) is 10.0 Å². The molecule has 0 radical (unpaired) electrons. The number of ether oxygens (including phenoxy) is 3. The Labute approximate surface area is 166 Å². The molecule has 1 unspecified atom stereocenters. The van der Waals surface area contributed by atoms with E-state index in [9.17, 15) is 0 Å². The van der Waals surface area contributed by atoms with Gasteiger partial charge in [0.25, 0.3) is 5.79 Å². The van der Waals surface area contributed by atoms with Gasteiger partial charge in [0, 0.05) is 5.02 Å². The van der Waals surface area contributed by atoms with E-state index in [0.717, 1.165) is 10.2 Å². The summed E-state index contributed by atoms with van der Waals surface area (Å²) in [7, 11) is 0. The van der Waals surface area contributed by atoms with E-state index < -0.39 is 5.79 Å². The topological polar surface area (TPSA) is 27.7 Å². The predicted octanol–water partition coefficient (Wildman–Crippen LogP) is 6.27. The Balaban J connectivity index is 1.73. The molecule has 0 aliphatic carbocycles. The Morgan fingerprint density at radius 1 is 1.12 bits per heavy atom. The molecular weight excluding hydrogens is 483 g/mol. The van der Waals surface area contributed by atoms with Gasteiger partial charge in [-0.15, -0.1) is 0 Å². The minimum atomic E-state index is -1.03. The summed E-state index contributed by atoms with van der Waals surface area (Å²) in [5, 5.41) is 1.43. The lowest BCUT2D eigenvalue weighted by Gasteiger charge is -2.27. The van der Waals surface area contributed by atoms with Crippen molar-refractivity contribution in [1.82, 2.24) is 0 Å². The first kappa shape index (κ1) is 17.9. The fourth-order valence-corrected chi connectivity index (χ4v) is 3.74. The van der Waals surface area contributed by atoms with Gasteiger partial charge in [0.2, 0.25) is 0 Å². The normalized spacial score (nSPS) is 19.4. The lowest BCUT2D eigenvalue weighted by molar-refractivity contribution is -0.137. The van der Waals surface area contributed by atoms with Crippen molar-refractivity contribution < 1.29 is 14.2 Å². The van der Waals surface area contributed by atoms with Gasteiger partial charge >= 0.3 is 0 Å². The zero-order valence-corrected chi connectivity index (χ0v) is 17.0. The molecule has 0 fully saturated rings. The van der Waals surface area contributed by atoms with E-state index in [1.54, 1.807) is 24.5 Å². The molecule has 1 atom stereocenters. The number of halogens is 4. The van der Waals surface area contributed by atoms with Gasteiger partial charge in [0.1, 0.15) is 18.6 Å². The van der Waals surface area contributed by atoms with Crippen LogP contribution in [-0.4, -0.2) is 11.9 Å². The maximum atomic E-state index is 6.29. The maximum absolute atomic E-state index is 6.29. The van der Waals surface area contributed by atoms with Crippen molar-refractivity contribution in [3.05, 3.63) is 74.6 Å². The average molecular weight is 495 g/mol. The van der Waals surface area contributed by atoms with Crippen LogP contribution in [0.5, 0.6) is 5.75 Å². The van der Waals surface area contributed by atoms with Crippen molar-refractivity contribution >= 4 is 55.1 Å². The molecular formula is C17H12Br2Cl2O3. The lowest BCUT2D eigenvalue weighted by Crippen LogP contribution is -2.30. The van der Waals surface area contributed by atoms with Crippen molar-refractivity contribution in [3.8, 4) is 5.75 Å². The van der Waals surface area contributed by atoms with Crippen LogP contribution in [0.1, 0.15) is 5.56 Å². The second-order valence-electron chi connectivity index (χ2n) is 5.03. The van der Waals surface area contributed by atoms with E-state index in [2.05, 4.69) is 31.9 Å². The Bertz CT molecular complexity index is 782. The van der Waals surface area contributed by atoms with Gasteiger partial charge in [-0.1, -0.05) is 51.3 Å². The fraction of sp³-hybridized carbons (Fsp3) is 0.176. The van der Waals surface area contributed by atoms with E-state index in [4.69, 9.17) is 37.4 Å². The first-order chi connectivity index (χ1) is 11.5. The lowest BCUT2D eigenvalue weighted by atomic mass is 10.1. The second-order valence-corrected chi connectivity index (χ2v) is 7.29. The molecule has 0 N–H and O–H groups in total. The molecule has 0 saturated heterocycles. The Morgan fingerprint density at radius 3 is 2.62 bits per heavy atom. The highest BCUT2D eigenvalue weighted by atomic mass is 79.9. The molecule has 3 nitrogen and oxygen atoms in total. The highest BCUT2D eigenvalue weighted by Gasteiger charge is 2.42. The van der Waals surface area contributed by atoms with Gasteiger partial charge in [-0.2, -0.15) is 0 Å². The van der Waals surface area contributed by atoms with Gasteiger partial charge in [0.05, 0.1) is 20.4 Å². The highest BCUT2D eigenvalue weighted by molar-refractivity contribution is 9.10. The van der Waals surface area contributed by atoms with Gasteiger partial charge in [-0.05, 0) is 46.3 Å². The van der Waals surface area contributed by atoms with Crippen LogP contribution in [0.3, 0.4) is 0 Å². The van der Waals surface area contributed by atoms with Crippen molar-refractivity contribution in [3.63, 3.8) is 0 Å². The first-order valence-electron chi connectivity index (χ1n) is 6.99. The molecule has 1 heterocycles. The van der Waals surface area contributed by atoms with Crippen LogP contribution in [0.4, 0.5) is 0 Å². The molecule has 0 bridgehead atoms. The minimum Gasteiger partial charge on any atom is -0.484 e. The number of hydrogen-bond donors (Lipinski definition) is 0. The smallest absolute Gasteiger partial charge is 0.288 e. The van der Waals surface area contributed by atoms with Gasteiger partial charge in [-0.3, -0.25) is 0 Å². The molecule has 2 aromatic carbocycles. The Kier molecular flexibility index (Phi) is 5.65. The molecule has 0 spiro atoms. The van der Waals surface area contributed by atoms with E-state index in [0.29, 0.717) is 26.7 Å². The summed E-state index contributed by atoms with van der Waals surface area (Å²) in [4.78, 5) is 0. The molecule has 0 amide bonds. The SMILES string of the molecule is Clc1ccc(C2(CBr)OC=C(COc3ccccc3Br)O2)c(Cl)c1. The molecule has 24 heavy (non-hydrogen) atoms. The summed E-state index contributed by atoms with van der Waals surface area (Å²) in [6.07, 6.45) is 1.54. The highest BCUT2D eigenvalue weighted by Crippen LogP contribution is 2.41. The molecule has 0 aromatic heterocycles. The third-order valence-electron chi connectivity index (χ3n) is 3.40. The van der Waals surface area contributed by atoms with Crippen molar-refractivity contribution in [1.29, 1.82) is 0 Å². The van der Waals surface area contributed by atoms with Crippen molar-refractivity contribution in [2.24, 2.45) is 0 Å². The van der Waals surface area contributed by atoms with Crippen LogP contribution in [-0.2, 0) is 15.3 Å². The summed E-state index contributed by atoms with van der Waals surface area (Å²) in [6, 6.07) is 12.8. The minimum absolute atomic E-state index is 0.239. The summed E-state index contributed by atoms with van der Waals surface area (Å²) in [6.45, 7) is 0.239. The van der Waals surface area contributed by atoms with E-state index in [-0.39, 0.29) is 6.61 Å². The zero-order chi connectivity index (χ0) is 17.2. The third-order valence-corrected chi connectivity index (χ3v) is 5.34. The zero-order valence-electron chi connectivity index (χ0n) is 12.3. The number of benzene rings is 2. The molecule has 2 aromatic rings. The third kappa shape index (κ3) is 3.69. The summed E-state index contributed by atoms with van der Waals surface area (Å²) in [5.41, 5.74) is 0.692. The van der Waals surface area contributed by atoms with E-state index in [1.165, 1.54) is 0 Å². The Hall–Kier alpha value is -0.880. The molecule has 1 aliphatic rings. The summed E-state index contributed by atoms with van der Waals surface area (Å²) < 4.78 is 18.4. The van der Waals surface area contributed by atoms with Crippen LogP contribution >= 0.6 is 55.1 Å². The fourth-order valence-electron chi connectivity index (χ4n) is 2.24. The number of para-hydroxylation sites is 1. The summed E-state index contributed by atoms with van der Waals surface area (Å²) in [5.74, 6) is 0.257. The predicted molar refractivity (Wildman–Crippen MR) is 102 cm³/mol. The van der Waals surface area contributed by atoms with Gasteiger partial charge in [0.15, 0.2) is 5.76 Å². The number of alkyl halides is 1. The number of hydrogen-bond acceptors (Lipinski definition) is 3. The van der Waals surface area contributed by atoms with E-state index >= 15 is 0 Å². The van der Waals surface area contributed by atoms with Crippen LogP contribution in [0, 0.1) is 0 Å². The van der Waals surface area contributed by atoms with Crippen LogP contribution in [0.15, 0.2) is 59.0 Å². The van der Waals surface area contributed by atoms with Crippen molar-refractivity contribution in [2.75, 3.05) is 11.9 Å². The maximum Gasteiger partial charge on any atom is 0.288 e. The van der Waals surface area contributed by atoms with Gasteiger partial charge < -0.3 is 14.2 Å². The molecule has 7 heteroatoms. The van der Waals surface area contributed by atoms with Crippen LogP contribution in [0.25, 0.3) is 0 Å². The average Bonchev–Trinajstić information content (AvgIpc) is 2.99. The largest absolute Gasteiger partial charge is 0.484 e. The Morgan fingerprint density at radius 2 is 1.92 bits per heavy atom. The second kappa shape index (κ2) is 7.56. The van der Waals surface area contributed by atoms with Crippen molar-refractivity contribution in [2.45, 2.75) is 5.79 Å².